The van der Waals surface area contributed by atoms with Gasteiger partial charge in [0.1, 0.15) is 0 Å². The van der Waals surface area contributed by atoms with E-state index in [1.165, 1.54) is 6.42 Å². The maximum absolute atomic E-state index is 12.3. The van der Waals surface area contributed by atoms with Gasteiger partial charge in [0.2, 0.25) is 5.91 Å². The van der Waals surface area contributed by atoms with Gasteiger partial charge in [0.05, 0.1) is 6.04 Å². The van der Waals surface area contributed by atoms with Crippen LogP contribution in [0.3, 0.4) is 0 Å². The van der Waals surface area contributed by atoms with Crippen LogP contribution in [-0.4, -0.2) is 61.0 Å². The van der Waals surface area contributed by atoms with Crippen molar-refractivity contribution < 1.29 is 4.79 Å². The van der Waals surface area contributed by atoms with E-state index in [0.717, 1.165) is 45.7 Å². The molecular formula is C13H25N3O. The molecule has 4 nitrogen and oxygen atoms in total. The van der Waals surface area contributed by atoms with Crippen LogP contribution in [0.4, 0.5) is 0 Å². The van der Waals surface area contributed by atoms with Gasteiger partial charge in [0, 0.05) is 26.2 Å². The highest BCUT2D eigenvalue weighted by molar-refractivity contribution is 5.82. The lowest BCUT2D eigenvalue weighted by molar-refractivity contribution is -0.136. The third-order valence-corrected chi connectivity index (χ3v) is 4.10. The van der Waals surface area contributed by atoms with Crippen LogP contribution < -0.4 is 5.32 Å². The first-order chi connectivity index (χ1) is 8.20. The van der Waals surface area contributed by atoms with Gasteiger partial charge in [0.25, 0.3) is 0 Å². The molecule has 2 heterocycles. The van der Waals surface area contributed by atoms with Gasteiger partial charge in [-0.05, 0) is 31.8 Å². The van der Waals surface area contributed by atoms with Crippen molar-refractivity contribution in [1.29, 1.82) is 0 Å². The number of nitrogens with one attached hydrogen (secondary N) is 1. The summed E-state index contributed by atoms with van der Waals surface area (Å²) in [6.45, 7) is 10.4. The molecule has 0 aromatic heterocycles. The Hall–Kier alpha value is -0.610. The molecule has 1 amide bonds. The maximum atomic E-state index is 12.3. The molecule has 0 spiro atoms. The van der Waals surface area contributed by atoms with Crippen molar-refractivity contribution in [2.75, 3.05) is 39.3 Å². The first kappa shape index (κ1) is 12.8. The van der Waals surface area contributed by atoms with E-state index in [2.05, 4.69) is 24.1 Å². The van der Waals surface area contributed by atoms with E-state index in [1.54, 1.807) is 0 Å². The molecule has 0 aromatic rings. The Bertz CT molecular complexity index is 261. The summed E-state index contributed by atoms with van der Waals surface area (Å²) in [7, 11) is 0. The van der Waals surface area contributed by atoms with Gasteiger partial charge in [-0.2, -0.15) is 0 Å². The Morgan fingerprint density at radius 2 is 2.00 bits per heavy atom. The summed E-state index contributed by atoms with van der Waals surface area (Å²) < 4.78 is 0. The first-order valence-corrected chi connectivity index (χ1v) is 6.95. The molecule has 2 rings (SSSR count). The average molecular weight is 239 g/mol. The van der Waals surface area contributed by atoms with Crippen molar-refractivity contribution in [1.82, 2.24) is 15.1 Å². The fourth-order valence-electron chi connectivity index (χ4n) is 2.80. The molecule has 1 N–H and O–H groups in total. The Labute approximate surface area is 104 Å². The van der Waals surface area contributed by atoms with E-state index in [1.807, 2.05) is 4.90 Å². The Kier molecular flexibility index (Phi) is 4.40. The number of hydrogen-bond acceptors (Lipinski definition) is 3. The predicted octanol–water partition coefficient (Wildman–Crippen LogP) is 0.539. The van der Waals surface area contributed by atoms with Crippen molar-refractivity contribution in [2.45, 2.75) is 32.7 Å². The molecule has 4 heteroatoms. The molecule has 2 saturated heterocycles. The zero-order chi connectivity index (χ0) is 12.3. The van der Waals surface area contributed by atoms with Crippen LogP contribution in [0.1, 0.15) is 26.7 Å². The van der Waals surface area contributed by atoms with Crippen molar-refractivity contribution >= 4 is 5.91 Å². The molecule has 0 aliphatic carbocycles. The van der Waals surface area contributed by atoms with Gasteiger partial charge in [0.15, 0.2) is 0 Å². The number of piperazine rings is 1. The Morgan fingerprint density at radius 3 is 2.59 bits per heavy atom. The minimum Gasteiger partial charge on any atom is -0.339 e. The third kappa shape index (κ3) is 3.19. The molecule has 98 valence electrons. The fourth-order valence-corrected chi connectivity index (χ4v) is 2.80. The lowest BCUT2D eigenvalue weighted by Crippen LogP contribution is -2.55. The van der Waals surface area contributed by atoms with Crippen LogP contribution in [0.15, 0.2) is 0 Å². The van der Waals surface area contributed by atoms with Gasteiger partial charge in [-0.25, -0.2) is 0 Å². The van der Waals surface area contributed by atoms with E-state index in [9.17, 15) is 4.79 Å². The topological polar surface area (TPSA) is 35.6 Å². The number of amides is 1. The number of rotatable bonds is 2. The van der Waals surface area contributed by atoms with E-state index < -0.39 is 0 Å². The molecule has 2 aliphatic heterocycles. The summed E-state index contributed by atoms with van der Waals surface area (Å²) in [5.74, 6) is 1.01. The standard InChI is InChI=1S/C13H25N3O/c1-3-15-6-8-16(9-7-15)13(17)12-10-11(2)4-5-14-12/h11-12,14H,3-10H2,1-2H3. The van der Waals surface area contributed by atoms with Gasteiger partial charge in [-0.3, -0.25) is 4.79 Å². The average Bonchev–Trinajstić information content (AvgIpc) is 2.38. The number of likely N-dealkylation sites (N-methyl/N-ethyl adjacent to an activating group) is 1. The fraction of sp³-hybridized carbons (Fsp3) is 0.923. The highest BCUT2D eigenvalue weighted by Crippen LogP contribution is 2.17. The van der Waals surface area contributed by atoms with Crippen LogP contribution in [-0.2, 0) is 4.79 Å². The van der Waals surface area contributed by atoms with E-state index in [-0.39, 0.29) is 6.04 Å². The molecule has 2 atom stereocenters. The summed E-state index contributed by atoms with van der Waals surface area (Å²) in [4.78, 5) is 16.8. The zero-order valence-corrected chi connectivity index (χ0v) is 11.1. The second-order valence-corrected chi connectivity index (χ2v) is 5.40. The van der Waals surface area contributed by atoms with Crippen LogP contribution >= 0.6 is 0 Å². The largest absolute Gasteiger partial charge is 0.339 e. The molecule has 0 saturated carbocycles. The molecule has 2 aliphatic rings. The van der Waals surface area contributed by atoms with Crippen molar-refractivity contribution in [3.05, 3.63) is 0 Å². The second-order valence-electron chi connectivity index (χ2n) is 5.40. The summed E-state index contributed by atoms with van der Waals surface area (Å²) in [6, 6.07) is 0.0759. The molecule has 17 heavy (non-hydrogen) atoms. The van der Waals surface area contributed by atoms with Crippen molar-refractivity contribution in [2.24, 2.45) is 5.92 Å². The lowest BCUT2D eigenvalue weighted by Gasteiger charge is -2.37. The molecule has 2 unspecified atom stereocenters. The molecule has 0 radical (unpaired) electrons. The van der Waals surface area contributed by atoms with Crippen LogP contribution in [0.5, 0.6) is 0 Å². The van der Waals surface area contributed by atoms with Gasteiger partial charge >= 0.3 is 0 Å². The minimum absolute atomic E-state index is 0.0759. The number of carbonyl (C=O) groups excluding carboxylic acids is 1. The quantitative estimate of drug-likeness (QED) is 0.764. The predicted molar refractivity (Wildman–Crippen MR) is 68.9 cm³/mol. The van der Waals surface area contributed by atoms with Crippen molar-refractivity contribution in [3.8, 4) is 0 Å². The van der Waals surface area contributed by atoms with Crippen LogP contribution in [0.25, 0.3) is 0 Å². The van der Waals surface area contributed by atoms with Crippen molar-refractivity contribution in [3.63, 3.8) is 0 Å². The van der Waals surface area contributed by atoms with E-state index in [4.69, 9.17) is 0 Å². The smallest absolute Gasteiger partial charge is 0.239 e. The molecule has 0 aromatic carbocycles. The molecular weight excluding hydrogens is 214 g/mol. The van der Waals surface area contributed by atoms with Gasteiger partial charge in [-0.15, -0.1) is 0 Å². The number of nitrogens with zero attached hydrogens (tertiary/aromatic N) is 2. The highest BCUT2D eigenvalue weighted by Gasteiger charge is 2.29. The lowest BCUT2D eigenvalue weighted by atomic mass is 9.93. The monoisotopic (exact) mass is 239 g/mol. The number of hydrogen-bond donors (Lipinski definition) is 1. The normalized spacial score (nSPS) is 31.5. The Morgan fingerprint density at radius 1 is 1.29 bits per heavy atom. The van der Waals surface area contributed by atoms with Gasteiger partial charge in [-0.1, -0.05) is 13.8 Å². The van der Waals surface area contributed by atoms with Crippen LogP contribution in [0.2, 0.25) is 0 Å². The summed E-state index contributed by atoms with van der Waals surface area (Å²) in [6.07, 6.45) is 2.21. The summed E-state index contributed by atoms with van der Waals surface area (Å²) >= 11 is 0. The molecule has 0 bridgehead atoms. The first-order valence-electron chi connectivity index (χ1n) is 6.95. The van der Waals surface area contributed by atoms with Gasteiger partial charge < -0.3 is 15.1 Å². The number of carbonyl (C=O) groups is 1. The summed E-state index contributed by atoms with van der Waals surface area (Å²) in [5.41, 5.74) is 0. The highest BCUT2D eigenvalue weighted by atomic mass is 16.2. The zero-order valence-electron chi connectivity index (χ0n) is 11.1. The second kappa shape index (κ2) is 5.83. The maximum Gasteiger partial charge on any atom is 0.239 e. The summed E-state index contributed by atoms with van der Waals surface area (Å²) in [5, 5.41) is 3.37. The third-order valence-electron chi connectivity index (χ3n) is 4.10. The number of piperidine rings is 1. The minimum atomic E-state index is 0.0759. The van der Waals surface area contributed by atoms with E-state index >= 15 is 0 Å². The molecule has 2 fully saturated rings. The van der Waals surface area contributed by atoms with Crippen LogP contribution in [0, 0.1) is 5.92 Å². The SMILES string of the molecule is CCN1CCN(C(=O)C2CC(C)CCN2)CC1. The Balaban J connectivity index is 1.83. The van der Waals surface area contributed by atoms with E-state index in [0.29, 0.717) is 11.8 Å².